The fourth-order valence-electron chi connectivity index (χ4n) is 2.59. The lowest BCUT2D eigenvalue weighted by molar-refractivity contribution is -0.0404. The third kappa shape index (κ3) is 2.72. The predicted molar refractivity (Wildman–Crippen MR) is 90.2 cm³/mol. The number of halogens is 2. The number of nitrogens with one attached hydrogen (secondary N) is 1. The molecule has 2 nitrogen and oxygen atoms in total. The first kappa shape index (κ1) is 14.3. The number of morpholine rings is 1. The molecule has 0 aliphatic carbocycles. The van der Waals surface area contributed by atoms with Gasteiger partial charge < -0.3 is 10.1 Å². The van der Waals surface area contributed by atoms with Crippen LogP contribution < -0.4 is 5.32 Å². The van der Waals surface area contributed by atoms with Gasteiger partial charge in [0.15, 0.2) is 0 Å². The monoisotopic (exact) mass is 399 g/mol. The SMILES string of the molecule is Clc1ccc(C2(c3ccc(I)cc3)CNCCO2)cc1. The van der Waals surface area contributed by atoms with Gasteiger partial charge in [0.2, 0.25) is 0 Å². The molecule has 1 aliphatic rings. The van der Waals surface area contributed by atoms with Gasteiger partial charge in [-0.25, -0.2) is 0 Å². The van der Waals surface area contributed by atoms with Crippen molar-refractivity contribution in [1.82, 2.24) is 5.32 Å². The third-order valence-corrected chi connectivity index (χ3v) is 4.59. The van der Waals surface area contributed by atoms with Crippen LogP contribution in [-0.4, -0.2) is 19.7 Å². The second kappa shape index (κ2) is 6.02. The Balaban J connectivity index is 2.08. The molecule has 0 spiro atoms. The van der Waals surface area contributed by atoms with Crippen LogP contribution in [0.1, 0.15) is 11.1 Å². The van der Waals surface area contributed by atoms with Crippen molar-refractivity contribution in [3.8, 4) is 0 Å². The second-order valence-corrected chi connectivity index (χ2v) is 6.55. The van der Waals surface area contributed by atoms with Gasteiger partial charge in [-0.3, -0.25) is 0 Å². The van der Waals surface area contributed by atoms with Crippen molar-refractivity contribution in [1.29, 1.82) is 0 Å². The van der Waals surface area contributed by atoms with Gasteiger partial charge >= 0.3 is 0 Å². The summed E-state index contributed by atoms with van der Waals surface area (Å²) in [5, 5.41) is 4.19. The molecule has 1 aliphatic heterocycles. The highest BCUT2D eigenvalue weighted by molar-refractivity contribution is 14.1. The summed E-state index contributed by atoms with van der Waals surface area (Å²) in [6.07, 6.45) is 0. The van der Waals surface area contributed by atoms with Crippen LogP contribution in [-0.2, 0) is 10.3 Å². The van der Waals surface area contributed by atoms with Crippen molar-refractivity contribution in [3.05, 3.63) is 68.3 Å². The van der Waals surface area contributed by atoms with E-state index in [0.29, 0.717) is 6.61 Å². The van der Waals surface area contributed by atoms with E-state index in [4.69, 9.17) is 16.3 Å². The number of rotatable bonds is 2. The van der Waals surface area contributed by atoms with Crippen molar-refractivity contribution in [2.75, 3.05) is 19.7 Å². The van der Waals surface area contributed by atoms with Crippen LogP contribution in [0.5, 0.6) is 0 Å². The standard InChI is InChI=1S/C16H15ClINO/c17-14-5-1-12(2-6-14)16(11-19-9-10-20-16)13-3-7-15(18)8-4-13/h1-8,19H,9-11H2. The van der Waals surface area contributed by atoms with Gasteiger partial charge in [-0.15, -0.1) is 0 Å². The minimum absolute atomic E-state index is 0.423. The molecule has 0 bridgehead atoms. The largest absolute Gasteiger partial charge is 0.363 e. The van der Waals surface area contributed by atoms with E-state index in [1.807, 2.05) is 24.3 Å². The average Bonchev–Trinajstić information content (AvgIpc) is 2.49. The Labute approximate surface area is 137 Å². The van der Waals surface area contributed by atoms with Gasteiger partial charge in [-0.2, -0.15) is 0 Å². The van der Waals surface area contributed by atoms with Gasteiger partial charge in [-0.05, 0) is 58.0 Å². The first-order valence-electron chi connectivity index (χ1n) is 6.57. The number of hydrogen-bond donors (Lipinski definition) is 1. The maximum absolute atomic E-state index is 6.21. The van der Waals surface area contributed by atoms with E-state index in [1.165, 1.54) is 9.13 Å². The van der Waals surface area contributed by atoms with Gasteiger partial charge in [0, 0.05) is 21.7 Å². The van der Waals surface area contributed by atoms with Gasteiger partial charge in [0.05, 0.1) is 6.61 Å². The lowest BCUT2D eigenvalue weighted by atomic mass is 9.85. The lowest BCUT2D eigenvalue weighted by Gasteiger charge is -2.38. The highest BCUT2D eigenvalue weighted by Crippen LogP contribution is 2.35. The predicted octanol–water partition coefficient (Wildman–Crippen LogP) is 3.81. The molecule has 0 radical (unpaired) electrons. The van der Waals surface area contributed by atoms with Crippen molar-refractivity contribution < 1.29 is 4.74 Å². The number of hydrogen-bond acceptors (Lipinski definition) is 2. The van der Waals surface area contributed by atoms with Crippen molar-refractivity contribution in [2.24, 2.45) is 0 Å². The molecule has 1 fully saturated rings. The molecule has 0 aromatic heterocycles. The van der Waals surface area contributed by atoms with E-state index in [0.717, 1.165) is 23.7 Å². The molecule has 20 heavy (non-hydrogen) atoms. The Morgan fingerprint density at radius 3 is 2.15 bits per heavy atom. The molecule has 3 rings (SSSR count). The Bertz CT molecular complexity index is 529. The molecule has 1 saturated heterocycles. The first-order chi connectivity index (χ1) is 9.71. The molecule has 2 aromatic carbocycles. The molecule has 0 saturated carbocycles. The fourth-order valence-corrected chi connectivity index (χ4v) is 3.07. The van der Waals surface area contributed by atoms with Crippen molar-refractivity contribution in [2.45, 2.75) is 5.60 Å². The van der Waals surface area contributed by atoms with Crippen LogP contribution >= 0.6 is 34.2 Å². The fraction of sp³-hybridized carbons (Fsp3) is 0.250. The highest BCUT2D eigenvalue weighted by Gasteiger charge is 2.37. The highest BCUT2D eigenvalue weighted by atomic mass is 127. The molecule has 104 valence electrons. The van der Waals surface area contributed by atoms with Crippen LogP contribution in [0.2, 0.25) is 5.02 Å². The molecule has 1 heterocycles. The summed E-state index contributed by atoms with van der Waals surface area (Å²) in [7, 11) is 0. The molecule has 0 amide bonds. The quantitative estimate of drug-likeness (QED) is 0.776. The van der Waals surface area contributed by atoms with Gasteiger partial charge in [0.1, 0.15) is 5.60 Å². The zero-order valence-electron chi connectivity index (χ0n) is 10.9. The topological polar surface area (TPSA) is 21.3 Å². The van der Waals surface area contributed by atoms with Crippen LogP contribution in [0.4, 0.5) is 0 Å². The maximum atomic E-state index is 6.21. The van der Waals surface area contributed by atoms with E-state index in [2.05, 4.69) is 52.2 Å². The molecular weight excluding hydrogens is 385 g/mol. The van der Waals surface area contributed by atoms with Crippen molar-refractivity contribution in [3.63, 3.8) is 0 Å². The molecule has 1 N–H and O–H groups in total. The zero-order chi connectivity index (χ0) is 14.0. The Morgan fingerprint density at radius 2 is 1.60 bits per heavy atom. The van der Waals surface area contributed by atoms with Crippen LogP contribution in [0, 0.1) is 3.57 Å². The Hall–Kier alpha value is -0.620. The van der Waals surface area contributed by atoms with Crippen LogP contribution in [0.25, 0.3) is 0 Å². The van der Waals surface area contributed by atoms with E-state index in [9.17, 15) is 0 Å². The molecule has 2 aromatic rings. The zero-order valence-corrected chi connectivity index (χ0v) is 13.8. The summed E-state index contributed by atoms with van der Waals surface area (Å²) in [6.45, 7) is 2.36. The molecule has 4 heteroatoms. The summed E-state index contributed by atoms with van der Waals surface area (Å²) in [4.78, 5) is 0. The molecular formula is C16H15ClINO. The molecule has 1 unspecified atom stereocenters. The van der Waals surface area contributed by atoms with Crippen LogP contribution in [0.15, 0.2) is 48.5 Å². The minimum Gasteiger partial charge on any atom is -0.363 e. The Kier molecular flexibility index (Phi) is 4.31. The summed E-state index contributed by atoms with van der Waals surface area (Å²) >= 11 is 8.32. The van der Waals surface area contributed by atoms with E-state index < -0.39 is 5.60 Å². The van der Waals surface area contributed by atoms with Crippen LogP contribution in [0.3, 0.4) is 0 Å². The van der Waals surface area contributed by atoms with Crippen molar-refractivity contribution >= 4 is 34.2 Å². The lowest BCUT2D eigenvalue weighted by Crippen LogP contribution is -2.48. The smallest absolute Gasteiger partial charge is 0.130 e. The van der Waals surface area contributed by atoms with Gasteiger partial charge in [0.25, 0.3) is 0 Å². The number of benzene rings is 2. The third-order valence-electron chi connectivity index (χ3n) is 3.62. The minimum atomic E-state index is -0.423. The maximum Gasteiger partial charge on any atom is 0.130 e. The first-order valence-corrected chi connectivity index (χ1v) is 8.03. The second-order valence-electron chi connectivity index (χ2n) is 4.87. The summed E-state index contributed by atoms with van der Waals surface area (Å²) in [5.41, 5.74) is 1.88. The number of ether oxygens (including phenoxy) is 1. The molecule has 1 atom stereocenters. The average molecular weight is 400 g/mol. The van der Waals surface area contributed by atoms with Gasteiger partial charge in [-0.1, -0.05) is 35.9 Å². The van der Waals surface area contributed by atoms with E-state index in [-0.39, 0.29) is 0 Å². The van der Waals surface area contributed by atoms with E-state index >= 15 is 0 Å². The normalized spacial score (nSPS) is 22.7. The van der Waals surface area contributed by atoms with E-state index in [1.54, 1.807) is 0 Å². The summed E-state index contributed by atoms with van der Waals surface area (Å²) < 4.78 is 7.43. The Morgan fingerprint density at radius 1 is 1.00 bits per heavy atom. The summed E-state index contributed by atoms with van der Waals surface area (Å²) in [5.74, 6) is 0. The summed E-state index contributed by atoms with van der Waals surface area (Å²) in [6, 6.07) is 16.5.